The molecule has 0 aliphatic heterocycles. The molecule has 0 heterocycles. The summed E-state index contributed by atoms with van der Waals surface area (Å²) in [6.07, 6.45) is 0.135. The van der Waals surface area contributed by atoms with Gasteiger partial charge in [-0.15, -0.1) is 0 Å². The molecule has 3 aromatic rings. The summed E-state index contributed by atoms with van der Waals surface area (Å²) in [6.45, 7) is 0. The molecular formula is C22H16BrN3O4S. The summed E-state index contributed by atoms with van der Waals surface area (Å²) < 4.78 is 28.2. The van der Waals surface area contributed by atoms with E-state index in [4.69, 9.17) is 0 Å². The zero-order valence-electron chi connectivity index (χ0n) is 16.0. The number of sulfonamides is 1. The number of nitrogens with zero attached hydrogens (tertiary/aromatic N) is 1. The van der Waals surface area contributed by atoms with E-state index >= 15 is 0 Å². The first-order valence-corrected chi connectivity index (χ1v) is 11.5. The summed E-state index contributed by atoms with van der Waals surface area (Å²) in [4.78, 5) is 24.5. The largest absolute Gasteiger partial charge is 0.294 e. The molecule has 0 saturated heterocycles. The Morgan fingerprint density at radius 3 is 2.23 bits per heavy atom. The fraction of sp³-hybridized carbons (Fsp3) is 0.0455. The normalized spacial score (nSPS) is 14.4. The van der Waals surface area contributed by atoms with E-state index in [0.717, 1.165) is 4.47 Å². The van der Waals surface area contributed by atoms with E-state index in [2.05, 4.69) is 31.2 Å². The molecule has 0 fully saturated rings. The lowest BCUT2D eigenvalue weighted by Gasteiger charge is -2.09. The van der Waals surface area contributed by atoms with Gasteiger partial charge in [0.1, 0.15) is 0 Å². The minimum atomic E-state index is -3.74. The van der Waals surface area contributed by atoms with Gasteiger partial charge in [0.05, 0.1) is 17.0 Å². The molecule has 4 rings (SSSR count). The van der Waals surface area contributed by atoms with Crippen molar-refractivity contribution in [1.82, 2.24) is 5.43 Å². The number of hydrogen-bond acceptors (Lipinski definition) is 5. The van der Waals surface area contributed by atoms with Crippen LogP contribution in [0.2, 0.25) is 0 Å². The minimum Gasteiger partial charge on any atom is -0.294 e. The number of amides is 1. The standard InChI is InChI=1S/C22H16BrN3O4S/c23-15-7-11-17(12-8-15)31(29,30)26-16-9-5-14(6-10-16)22(28)25-24-20-13-21(27)19-4-2-1-3-18(19)20/h1-12,26H,13H2,(H,25,28)/b24-20-. The fourth-order valence-electron chi connectivity index (χ4n) is 3.12. The molecule has 0 bridgehead atoms. The average Bonchev–Trinajstić information content (AvgIpc) is 3.08. The van der Waals surface area contributed by atoms with Crippen molar-refractivity contribution in [1.29, 1.82) is 0 Å². The number of hydrogen-bond donors (Lipinski definition) is 2. The van der Waals surface area contributed by atoms with Crippen molar-refractivity contribution in [3.8, 4) is 0 Å². The highest BCUT2D eigenvalue weighted by molar-refractivity contribution is 9.10. The first-order valence-electron chi connectivity index (χ1n) is 9.21. The smallest absolute Gasteiger partial charge is 0.271 e. The molecule has 1 aliphatic carbocycles. The predicted molar refractivity (Wildman–Crippen MR) is 121 cm³/mol. The van der Waals surface area contributed by atoms with Crippen molar-refractivity contribution in [2.45, 2.75) is 11.3 Å². The van der Waals surface area contributed by atoms with Crippen molar-refractivity contribution >= 4 is 49.0 Å². The van der Waals surface area contributed by atoms with E-state index in [1.165, 1.54) is 36.4 Å². The van der Waals surface area contributed by atoms with Gasteiger partial charge in [-0.2, -0.15) is 5.10 Å². The predicted octanol–water partition coefficient (Wildman–Crippen LogP) is 3.97. The first-order chi connectivity index (χ1) is 14.8. The number of anilines is 1. The van der Waals surface area contributed by atoms with E-state index in [0.29, 0.717) is 28.1 Å². The number of halogens is 1. The van der Waals surface area contributed by atoms with Crippen LogP contribution < -0.4 is 10.1 Å². The van der Waals surface area contributed by atoms with Crippen molar-refractivity contribution in [2.24, 2.45) is 5.10 Å². The molecule has 0 saturated carbocycles. The number of benzene rings is 3. The van der Waals surface area contributed by atoms with E-state index < -0.39 is 15.9 Å². The van der Waals surface area contributed by atoms with Crippen molar-refractivity contribution in [3.63, 3.8) is 0 Å². The zero-order chi connectivity index (χ0) is 22.0. The minimum absolute atomic E-state index is 0.0361. The van der Waals surface area contributed by atoms with Gasteiger partial charge in [0.2, 0.25) is 0 Å². The molecule has 31 heavy (non-hydrogen) atoms. The fourth-order valence-corrected chi connectivity index (χ4v) is 4.44. The van der Waals surface area contributed by atoms with Gasteiger partial charge in [0.25, 0.3) is 15.9 Å². The quantitative estimate of drug-likeness (QED) is 0.520. The molecule has 3 aromatic carbocycles. The summed E-state index contributed by atoms with van der Waals surface area (Å²) >= 11 is 3.27. The monoisotopic (exact) mass is 497 g/mol. The van der Waals surface area contributed by atoms with Crippen LogP contribution >= 0.6 is 15.9 Å². The van der Waals surface area contributed by atoms with Crippen molar-refractivity contribution < 1.29 is 18.0 Å². The van der Waals surface area contributed by atoms with Crippen molar-refractivity contribution in [3.05, 3.63) is 94.0 Å². The van der Waals surface area contributed by atoms with Gasteiger partial charge < -0.3 is 0 Å². The number of carbonyl (C=O) groups excluding carboxylic acids is 2. The Balaban J connectivity index is 1.44. The second-order valence-electron chi connectivity index (χ2n) is 6.78. The third-order valence-corrected chi connectivity index (χ3v) is 6.61. The highest BCUT2D eigenvalue weighted by Gasteiger charge is 2.25. The van der Waals surface area contributed by atoms with Crippen LogP contribution in [0.15, 0.2) is 87.3 Å². The number of carbonyl (C=O) groups is 2. The summed E-state index contributed by atoms with van der Waals surface area (Å²) in [5.74, 6) is -0.502. The molecule has 0 unspecified atom stereocenters. The van der Waals surface area contributed by atoms with Crippen LogP contribution in [-0.4, -0.2) is 25.8 Å². The average molecular weight is 498 g/mol. The number of nitrogens with one attached hydrogen (secondary N) is 2. The Bertz CT molecular complexity index is 1300. The molecule has 1 aliphatic rings. The van der Waals surface area contributed by atoms with Crippen LogP contribution in [0.25, 0.3) is 0 Å². The van der Waals surface area contributed by atoms with Gasteiger partial charge in [-0.05, 0) is 48.5 Å². The first kappa shape index (κ1) is 21.0. The summed E-state index contributed by atoms with van der Waals surface area (Å²) in [7, 11) is -3.74. The van der Waals surface area contributed by atoms with E-state index in [-0.39, 0.29) is 17.1 Å². The molecule has 0 atom stereocenters. The maximum Gasteiger partial charge on any atom is 0.271 e. The lowest BCUT2D eigenvalue weighted by atomic mass is 10.1. The SMILES string of the molecule is O=C(N/N=C1/CC(=O)c2ccccc21)c1ccc(NS(=O)(=O)c2ccc(Br)cc2)cc1. The van der Waals surface area contributed by atoms with Crippen LogP contribution in [0, 0.1) is 0 Å². The van der Waals surface area contributed by atoms with Crippen LogP contribution in [0.3, 0.4) is 0 Å². The Hall–Kier alpha value is -3.30. The van der Waals surface area contributed by atoms with Gasteiger partial charge in [0, 0.05) is 26.9 Å². The lowest BCUT2D eigenvalue weighted by Crippen LogP contribution is -2.19. The van der Waals surface area contributed by atoms with Crippen LogP contribution in [0.1, 0.15) is 32.7 Å². The summed E-state index contributed by atoms with van der Waals surface area (Å²) in [6, 6.07) is 19.3. The van der Waals surface area contributed by atoms with E-state index in [1.807, 2.05) is 6.07 Å². The molecule has 9 heteroatoms. The molecule has 0 spiro atoms. The topological polar surface area (TPSA) is 105 Å². The summed E-state index contributed by atoms with van der Waals surface area (Å²) in [5, 5.41) is 4.10. The maximum absolute atomic E-state index is 12.5. The van der Waals surface area contributed by atoms with Crippen molar-refractivity contribution in [2.75, 3.05) is 4.72 Å². The molecule has 0 aromatic heterocycles. The molecule has 7 nitrogen and oxygen atoms in total. The second kappa shape index (κ2) is 8.44. The van der Waals surface area contributed by atoms with Gasteiger partial charge >= 0.3 is 0 Å². The zero-order valence-corrected chi connectivity index (χ0v) is 18.4. The molecule has 156 valence electrons. The Labute approximate surface area is 187 Å². The maximum atomic E-state index is 12.5. The highest BCUT2D eigenvalue weighted by Crippen LogP contribution is 2.22. The van der Waals surface area contributed by atoms with E-state index in [9.17, 15) is 18.0 Å². The second-order valence-corrected chi connectivity index (χ2v) is 9.38. The number of Topliss-reactive ketones (excluding diaryl/α,β-unsaturated/α-hetero) is 1. The third-order valence-electron chi connectivity index (χ3n) is 4.68. The van der Waals surface area contributed by atoms with Crippen LogP contribution in [-0.2, 0) is 10.0 Å². The molecular weight excluding hydrogens is 482 g/mol. The highest BCUT2D eigenvalue weighted by atomic mass is 79.9. The van der Waals surface area contributed by atoms with Gasteiger partial charge in [0.15, 0.2) is 5.78 Å². The number of fused-ring (bicyclic) bond motifs is 1. The van der Waals surface area contributed by atoms with Crippen LogP contribution in [0.5, 0.6) is 0 Å². The van der Waals surface area contributed by atoms with E-state index in [1.54, 1.807) is 30.3 Å². The number of hydrazone groups is 1. The van der Waals surface area contributed by atoms with Crippen LogP contribution in [0.4, 0.5) is 5.69 Å². The van der Waals surface area contributed by atoms with Gasteiger partial charge in [-0.1, -0.05) is 40.2 Å². The van der Waals surface area contributed by atoms with Gasteiger partial charge in [-0.25, -0.2) is 13.8 Å². The Kier molecular flexibility index (Phi) is 5.71. The molecule has 2 N–H and O–H groups in total. The molecule has 1 amide bonds. The summed E-state index contributed by atoms with van der Waals surface area (Å²) in [5.41, 5.74) is 4.89. The Morgan fingerprint density at radius 1 is 0.903 bits per heavy atom. The third kappa shape index (κ3) is 4.57. The van der Waals surface area contributed by atoms with Gasteiger partial charge in [-0.3, -0.25) is 14.3 Å². The Morgan fingerprint density at radius 2 is 1.55 bits per heavy atom. The number of ketones is 1. The lowest BCUT2D eigenvalue weighted by molar-refractivity contribution is 0.0952. The number of rotatable bonds is 5. The molecule has 0 radical (unpaired) electrons.